The molecule has 0 saturated carbocycles. The molecule has 1 fully saturated rings. The first kappa shape index (κ1) is 14.8. The second-order valence-electron chi connectivity index (χ2n) is 6.19. The number of aryl methyl sites for hydroxylation is 1. The molecule has 0 radical (unpaired) electrons. The van der Waals surface area contributed by atoms with Gasteiger partial charge in [0.25, 0.3) is 0 Å². The number of carbonyl (C=O) groups excluding carboxylic acids is 1. The molecule has 4 rings (SSSR count). The quantitative estimate of drug-likeness (QED) is 0.774. The SMILES string of the molecule is Cc1[nH]nc2ncc(NC(=O)C3CCN3Cc3ccccc3)cc12. The normalized spacial score (nSPS) is 17.6. The van der Waals surface area contributed by atoms with E-state index in [1.807, 2.05) is 31.2 Å². The number of pyridine rings is 1. The second kappa shape index (κ2) is 6.05. The number of aromatic amines is 1. The van der Waals surface area contributed by atoms with Crippen LogP contribution in [0, 0.1) is 6.92 Å². The number of hydrogen-bond acceptors (Lipinski definition) is 4. The number of benzene rings is 1. The number of aromatic nitrogens is 3. The summed E-state index contributed by atoms with van der Waals surface area (Å²) in [5.41, 5.74) is 3.55. The summed E-state index contributed by atoms with van der Waals surface area (Å²) >= 11 is 0. The summed E-state index contributed by atoms with van der Waals surface area (Å²) in [6.45, 7) is 3.69. The molecule has 6 nitrogen and oxygen atoms in total. The van der Waals surface area contributed by atoms with Crippen LogP contribution in [-0.2, 0) is 11.3 Å². The number of hydrogen-bond donors (Lipinski definition) is 2. The Morgan fingerprint density at radius 1 is 1.38 bits per heavy atom. The molecule has 24 heavy (non-hydrogen) atoms. The van der Waals surface area contributed by atoms with E-state index in [4.69, 9.17) is 0 Å². The number of amides is 1. The molecule has 1 aliphatic heterocycles. The van der Waals surface area contributed by atoms with E-state index in [9.17, 15) is 4.79 Å². The topological polar surface area (TPSA) is 73.9 Å². The molecule has 1 atom stereocenters. The molecule has 2 N–H and O–H groups in total. The maximum atomic E-state index is 12.6. The number of nitrogens with one attached hydrogen (secondary N) is 2. The molecule has 1 saturated heterocycles. The minimum atomic E-state index is -0.0775. The zero-order chi connectivity index (χ0) is 16.5. The Balaban J connectivity index is 1.44. The van der Waals surface area contributed by atoms with E-state index in [2.05, 4.69) is 37.5 Å². The first-order valence-electron chi connectivity index (χ1n) is 8.10. The molecular weight excluding hydrogens is 302 g/mol. The van der Waals surface area contributed by atoms with Crippen molar-refractivity contribution in [3.05, 3.63) is 53.9 Å². The van der Waals surface area contributed by atoms with Gasteiger partial charge in [0.1, 0.15) is 0 Å². The Kier molecular flexibility index (Phi) is 3.74. The summed E-state index contributed by atoms with van der Waals surface area (Å²) in [5, 5.41) is 10.9. The summed E-state index contributed by atoms with van der Waals surface area (Å²) < 4.78 is 0. The number of rotatable bonds is 4. The van der Waals surface area contributed by atoms with Gasteiger partial charge < -0.3 is 5.32 Å². The van der Waals surface area contributed by atoms with Crippen molar-refractivity contribution in [3.63, 3.8) is 0 Å². The number of anilines is 1. The van der Waals surface area contributed by atoms with E-state index in [0.717, 1.165) is 30.6 Å². The molecule has 0 spiro atoms. The van der Waals surface area contributed by atoms with E-state index >= 15 is 0 Å². The molecular formula is C18H19N5O. The summed E-state index contributed by atoms with van der Waals surface area (Å²) in [5.74, 6) is 0.0273. The van der Waals surface area contributed by atoms with Gasteiger partial charge in [0.2, 0.25) is 5.91 Å². The van der Waals surface area contributed by atoms with Gasteiger partial charge >= 0.3 is 0 Å². The van der Waals surface area contributed by atoms with Gasteiger partial charge in [0, 0.05) is 24.2 Å². The number of fused-ring (bicyclic) bond motifs is 1. The van der Waals surface area contributed by atoms with Crippen molar-refractivity contribution in [2.24, 2.45) is 0 Å². The average Bonchev–Trinajstić information content (AvgIpc) is 2.93. The Labute approximate surface area is 139 Å². The molecule has 0 aliphatic carbocycles. The van der Waals surface area contributed by atoms with Crippen molar-refractivity contribution in [3.8, 4) is 0 Å². The van der Waals surface area contributed by atoms with Gasteiger partial charge in [-0.1, -0.05) is 30.3 Å². The summed E-state index contributed by atoms with van der Waals surface area (Å²) in [7, 11) is 0. The zero-order valence-corrected chi connectivity index (χ0v) is 13.5. The fraction of sp³-hybridized carbons (Fsp3) is 0.278. The van der Waals surface area contributed by atoms with Gasteiger partial charge in [-0.05, 0) is 25.0 Å². The van der Waals surface area contributed by atoms with Crippen molar-refractivity contribution in [2.75, 3.05) is 11.9 Å². The Morgan fingerprint density at radius 2 is 2.21 bits per heavy atom. The minimum Gasteiger partial charge on any atom is -0.323 e. The smallest absolute Gasteiger partial charge is 0.241 e. The van der Waals surface area contributed by atoms with Gasteiger partial charge in [0.05, 0.1) is 17.9 Å². The first-order chi connectivity index (χ1) is 11.7. The third kappa shape index (κ3) is 2.76. The molecule has 1 aliphatic rings. The summed E-state index contributed by atoms with van der Waals surface area (Å²) in [6.07, 6.45) is 2.54. The van der Waals surface area contributed by atoms with Gasteiger partial charge in [-0.15, -0.1) is 0 Å². The van der Waals surface area contributed by atoms with Crippen LogP contribution in [0.4, 0.5) is 5.69 Å². The van der Waals surface area contributed by atoms with E-state index in [1.54, 1.807) is 6.20 Å². The van der Waals surface area contributed by atoms with E-state index in [1.165, 1.54) is 5.56 Å². The van der Waals surface area contributed by atoms with E-state index < -0.39 is 0 Å². The molecule has 1 unspecified atom stereocenters. The highest BCUT2D eigenvalue weighted by Crippen LogP contribution is 2.23. The van der Waals surface area contributed by atoms with Crippen molar-refractivity contribution in [1.29, 1.82) is 0 Å². The van der Waals surface area contributed by atoms with Crippen molar-refractivity contribution < 1.29 is 4.79 Å². The van der Waals surface area contributed by atoms with Gasteiger partial charge in [-0.25, -0.2) is 4.98 Å². The van der Waals surface area contributed by atoms with Crippen molar-refractivity contribution >= 4 is 22.6 Å². The summed E-state index contributed by atoms with van der Waals surface area (Å²) in [6, 6.07) is 12.1. The monoisotopic (exact) mass is 321 g/mol. The maximum absolute atomic E-state index is 12.6. The van der Waals surface area contributed by atoms with Crippen LogP contribution in [0.5, 0.6) is 0 Å². The largest absolute Gasteiger partial charge is 0.323 e. The first-order valence-corrected chi connectivity index (χ1v) is 8.10. The Hall–Kier alpha value is -2.73. The molecule has 122 valence electrons. The minimum absolute atomic E-state index is 0.0273. The van der Waals surface area contributed by atoms with Crippen LogP contribution in [0.2, 0.25) is 0 Å². The predicted molar refractivity (Wildman–Crippen MR) is 92.5 cm³/mol. The molecule has 2 aromatic heterocycles. The highest BCUT2D eigenvalue weighted by molar-refractivity contribution is 5.96. The lowest BCUT2D eigenvalue weighted by molar-refractivity contribution is -0.125. The fourth-order valence-electron chi connectivity index (χ4n) is 3.06. The lowest BCUT2D eigenvalue weighted by Crippen LogP contribution is -2.53. The molecule has 3 aromatic rings. The molecule has 6 heteroatoms. The van der Waals surface area contributed by atoms with Gasteiger partial charge in [0.15, 0.2) is 5.65 Å². The van der Waals surface area contributed by atoms with Crippen LogP contribution >= 0.6 is 0 Å². The highest BCUT2D eigenvalue weighted by atomic mass is 16.2. The van der Waals surface area contributed by atoms with Crippen LogP contribution in [0.15, 0.2) is 42.6 Å². The standard InChI is InChI=1S/C18H19N5O/c1-12-15-9-14(10-19-17(15)22-21-12)20-18(24)16-7-8-23(16)11-13-5-3-2-4-6-13/h2-6,9-10,16H,7-8,11H2,1H3,(H,20,24)(H,19,21,22). The van der Waals surface area contributed by atoms with E-state index in [-0.39, 0.29) is 11.9 Å². The molecule has 1 aromatic carbocycles. The number of likely N-dealkylation sites (tertiary alicyclic amines) is 1. The van der Waals surface area contributed by atoms with Crippen LogP contribution in [0.1, 0.15) is 17.7 Å². The van der Waals surface area contributed by atoms with Gasteiger partial charge in [-0.2, -0.15) is 5.10 Å². The average molecular weight is 321 g/mol. The maximum Gasteiger partial charge on any atom is 0.241 e. The zero-order valence-electron chi connectivity index (χ0n) is 13.5. The lowest BCUT2D eigenvalue weighted by Gasteiger charge is -2.39. The predicted octanol–water partition coefficient (Wildman–Crippen LogP) is 2.48. The third-order valence-corrected chi connectivity index (χ3v) is 4.53. The van der Waals surface area contributed by atoms with Crippen LogP contribution < -0.4 is 5.32 Å². The van der Waals surface area contributed by atoms with Crippen LogP contribution in [0.3, 0.4) is 0 Å². The highest BCUT2D eigenvalue weighted by Gasteiger charge is 2.34. The van der Waals surface area contributed by atoms with Crippen molar-refractivity contribution in [1.82, 2.24) is 20.1 Å². The number of carbonyl (C=O) groups is 1. The molecule has 3 heterocycles. The van der Waals surface area contributed by atoms with E-state index in [0.29, 0.717) is 11.3 Å². The second-order valence-corrected chi connectivity index (χ2v) is 6.19. The molecule has 1 amide bonds. The van der Waals surface area contributed by atoms with Gasteiger partial charge in [-0.3, -0.25) is 14.8 Å². The third-order valence-electron chi connectivity index (χ3n) is 4.53. The van der Waals surface area contributed by atoms with Crippen molar-refractivity contribution in [2.45, 2.75) is 25.9 Å². The lowest BCUT2D eigenvalue weighted by atomic mass is 10.0. The fourth-order valence-corrected chi connectivity index (χ4v) is 3.06. The summed E-state index contributed by atoms with van der Waals surface area (Å²) in [4.78, 5) is 19.0. The number of nitrogens with zero attached hydrogens (tertiary/aromatic N) is 3. The molecule has 0 bridgehead atoms. The van der Waals surface area contributed by atoms with Crippen LogP contribution in [-0.4, -0.2) is 38.6 Å². The van der Waals surface area contributed by atoms with Crippen LogP contribution in [0.25, 0.3) is 11.0 Å². The number of H-pyrrole nitrogens is 1. The Morgan fingerprint density at radius 3 is 2.96 bits per heavy atom. The Bertz CT molecular complexity index is 874.